The van der Waals surface area contributed by atoms with Gasteiger partial charge in [-0.1, -0.05) is 29.8 Å². The van der Waals surface area contributed by atoms with Crippen LogP contribution >= 0.6 is 11.3 Å². The molecular formula is C15H21N3S. The minimum atomic E-state index is 0.303. The maximum absolute atomic E-state index is 4.68. The molecule has 0 fully saturated rings. The van der Waals surface area contributed by atoms with Gasteiger partial charge in [0.1, 0.15) is 0 Å². The fourth-order valence-electron chi connectivity index (χ4n) is 1.95. The molecule has 4 heteroatoms. The van der Waals surface area contributed by atoms with Gasteiger partial charge in [-0.15, -0.1) is 11.3 Å². The Bertz CT molecular complexity index is 536. The molecule has 1 atom stereocenters. The van der Waals surface area contributed by atoms with Gasteiger partial charge in [-0.05, 0) is 26.5 Å². The summed E-state index contributed by atoms with van der Waals surface area (Å²) in [5.74, 6) is 0. The van der Waals surface area contributed by atoms with Gasteiger partial charge >= 0.3 is 0 Å². The summed E-state index contributed by atoms with van der Waals surface area (Å²) < 4.78 is 0. The molecule has 2 rings (SSSR count). The second-order valence-electron chi connectivity index (χ2n) is 4.91. The van der Waals surface area contributed by atoms with E-state index in [4.69, 9.17) is 0 Å². The van der Waals surface area contributed by atoms with E-state index in [1.807, 2.05) is 7.05 Å². The first-order valence-corrected chi connectivity index (χ1v) is 7.37. The first kappa shape index (κ1) is 14.0. The van der Waals surface area contributed by atoms with Crippen molar-refractivity contribution < 1.29 is 0 Å². The topological polar surface area (TPSA) is 28.2 Å². The minimum Gasteiger partial charge on any atom is -0.347 e. The number of rotatable bonds is 5. The van der Waals surface area contributed by atoms with E-state index in [-0.39, 0.29) is 0 Å². The largest absolute Gasteiger partial charge is 0.347 e. The molecule has 0 amide bonds. The molecule has 19 heavy (non-hydrogen) atoms. The van der Waals surface area contributed by atoms with Crippen LogP contribution in [-0.4, -0.2) is 19.1 Å². The number of aryl methyl sites for hydroxylation is 1. The number of benzene rings is 1. The van der Waals surface area contributed by atoms with Gasteiger partial charge in [-0.25, -0.2) is 4.98 Å². The van der Waals surface area contributed by atoms with Gasteiger partial charge in [-0.3, -0.25) is 0 Å². The summed E-state index contributed by atoms with van der Waals surface area (Å²) in [6, 6.07) is 8.92. The van der Waals surface area contributed by atoms with Crippen LogP contribution in [0.5, 0.6) is 0 Å². The highest BCUT2D eigenvalue weighted by atomic mass is 32.1. The molecule has 0 aliphatic rings. The second-order valence-corrected chi connectivity index (χ2v) is 5.75. The molecule has 0 radical (unpaired) electrons. The summed E-state index contributed by atoms with van der Waals surface area (Å²) in [6.07, 6.45) is 0. The summed E-state index contributed by atoms with van der Waals surface area (Å²) >= 11 is 1.70. The molecule has 0 aliphatic heterocycles. The Morgan fingerprint density at radius 1 is 1.42 bits per heavy atom. The lowest BCUT2D eigenvalue weighted by molar-refractivity contribution is 0.636. The summed E-state index contributed by atoms with van der Waals surface area (Å²) in [4.78, 5) is 6.88. The molecule has 1 unspecified atom stereocenters. The highest BCUT2D eigenvalue weighted by Gasteiger charge is 2.11. The number of nitrogens with one attached hydrogen (secondary N) is 1. The maximum Gasteiger partial charge on any atom is 0.185 e. The summed E-state index contributed by atoms with van der Waals surface area (Å²) in [7, 11) is 4.05. The van der Waals surface area contributed by atoms with Crippen molar-refractivity contribution in [2.45, 2.75) is 26.4 Å². The van der Waals surface area contributed by atoms with E-state index in [0.717, 1.165) is 17.4 Å². The molecule has 1 N–H and O–H groups in total. The van der Waals surface area contributed by atoms with Crippen molar-refractivity contribution in [3.8, 4) is 0 Å². The lowest BCUT2D eigenvalue weighted by atomic mass is 10.1. The molecule has 1 heterocycles. The van der Waals surface area contributed by atoms with Crippen molar-refractivity contribution in [2.75, 3.05) is 19.0 Å². The van der Waals surface area contributed by atoms with Crippen LogP contribution in [0.15, 0.2) is 29.6 Å². The van der Waals surface area contributed by atoms with Crippen molar-refractivity contribution in [2.24, 2.45) is 0 Å². The maximum atomic E-state index is 4.68. The SMILES string of the molecule is CNC(C)c1csc(N(C)Cc2cccc(C)c2)n1. The standard InChI is InChI=1S/C15H21N3S/c1-11-6-5-7-13(8-11)9-18(4)15-17-14(10-19-15)12(2)16-3/h5-8,10,12,16H,9H2,1-4H3. The summed E-state index contributed by atoms with van der Waals surface area (Å²) in [6.45, 7) is 5.14. The van der Waals surface area contributed by atoms with Crippen LogP contribution in [0.3, 0.4) is 0 Å². The third-order valence-corrected chi connectivity index (χ3v) is 4.19. The zero-order valence-corrected chi connectivity index (χ0v) is 12.8. The molecular weight excluding hydrogens is 254 g/mol. The fraction of sp³-hybridized carbons (Fsp3) is 0.400. The average Bonchev–Trinajstić information content (AvgIpc) is 2.87. The monoisotopic (exact) mass is 275 g/mol. The predicted molar refractivity (Wildman–Crippen MR) is 82.9 cm³/mol. The molecule has 0 saturated heterocycles. The van der Waals surface area contributed by atoms with E-state index in [1.54, 1.807) is 11.3 Å². The van der Waals surface area contributed by atoms with Crippen LogP contribution < -0.4 is 10.2 Å². The van der Waals surface area contributed by atoms with Crippen molar-refractivity contribution in [3.05, 3.63) is 46.5 Å². The van der Waals surface area contributed by atoms with Crippen LogP contribution in [0.2, 0.25) is 0 Å². The Labute approximate surface area is 119 Å². The lowest BCUT2D eigenvalue weighted by Crippen LogP contribution is -2.17. The second kappa shape index (κ2) is 6.17. The molecule has 102 valence electrons. The van der Waals surface area contributed by atoms with E-state index in [9.17, 15) is 0 Å². The summed E-state index contributed by atoms with van der Waals surface area (Å²) in [5, 5.41) is 6.41. The predicted octanol–water partition coefficient (Wildman–Crippen LogP) is 3.37. The smallest absolute Gasteiger partial charge is 0.185 e. The van der Waals surface area contributed by atoms with Gasteiger partial charge in [0.2, 0.25) is 0 Å². The summed E-state index contributed by atoms with van der Waals surface area (Å²) in [5.41, 5.74) is 3.73. The van der Waals surface area contributed by atoms with Gasteiger partial charge in [0.05, 0.1) is 5.69 Å². The molecule has 2 aromatic rings. The molecule has 3 nitrogen and oxygen atoms in total. The highest BCUT2D eigenvalue weighted by Crippen LogP contribution is 2.24. The van der Waals surface area contributed by atoms with Gasteiger partial charge in [0.25, 0.3) is 0 Å². The Balaban J connectivity index is 2.07. The van der Waals surface area contributed by atoms with E-state index in [2.05, 4.69) is 65.7 Å². The van der Waals surface area contributed by atoms with Crippen molar-refractivity contribution >= 4 is 16.5 Å². The van der Waals surface area contributed by atoms with Crippen LogP contribution in [-0.2, 0) is 6.54 Å². The Hall–Kier alpha value is -1.39. The zero-order valence-electron chi connectivity index (χ0n) is 12.0. The van der Waals surface area contributed by atoms with Gasteiger partial charge in [0, 0.05) is 25.0 Å². The van der Waals surface area contributed by atoms with Gasteiger partial charge in [-0.2, -0.15) is 0 Å². The van der Waals surface area contributed by atoms with E-state index >= 15 is 0 Å². The third-order valence-electron chi connectivity index (χ3n) is 3.22. The third kappa shape index (κ3) is 3.55. The van der Waals surface area contributed by atoms with Crippen LogP contribution in [0.25, 0.3) is 0 Å². The van der Waals surface area contributed by atoms with Crippen molar-refractivity contribution in [1.82, 2.24) is 10.3 Å². The van der Waals surface area contributed by atoms with E-state index in [0.29, 0.717) is 6.04 Å². The highest BCUT2D eigenvalue weighted by molar-refractivity contribution is 7.13. The number of hydrogen-bond donors (Lipinski definition) is 1. The molecule has 0 spiro atoms. The first-order chi connectivity index (χ1) is 9.10. The Morgan fingerprint density at radius 2 is 2.21 bits per heavy atom. The van der Waals surface area contributed by atoms with Crippen LogP contribution in [0.1, 0.15) is 29.8 Å². The average molecular weight is 275 g/mol. The van der Waals surface area contributed by atoms with Gasteiger partial charge < -0.3 is 10.2 Å². The lowest BCUT2D eigenvalue weighted by Gasteiger charge is -2.16. The molecule has 1 aromatic heterocycles. The quantitative estimate of drug-likeness (QED) is 0.907. The van der Waals surface area contributed by atoms with Crippen molar-refractivity contribution in [3.63, 3.8) is 0 Å². The Kier molecular flexibility index (Phi) is 4.56. The normalized spacial score (nSPS) is 12.4. The van der Waals surface area contributed by atoms with Crippen LogP contribution in [0.4, 0.5) is 5.13 Å². The number of aromatic nitrogens is 1. The Morgan fingerprint density at radius 3 is 2.89 bits per heavy atom. The molecule has 0 saturated carbocycles. The molecule has 0 bridgehead atoms. The number of hydrogen-bond acceptors (Lipinski definition) is 4. The van der Waals surface area contributed by atoms with Crippen molar-refractivity contribution in [1.29, 1.82) is 0 Å². The van der Waals surface area contributed by atoms with Gasteiger partial charge in [0.15, 0.2) is 5.13 Å². The van der Waals surface area contributed by atoms with E-state index < -0.39 is 0 Å². The fourth-order valence-corrected chi connectivity index (χ4v) is 2.84. The molecule has 0 aliphatic carbocycles. The number of thiazole rings is 1. The van der Waals surface area contributed by atoms with Crippen LogP contribution in [0, 0.1) is 6.92 Å². The molecule has 1 aromatic carbocycles. The first-order valence-electron chi connectivity index (χ1n) is 6.49. The number of nitrogens with zero attached hydrogens (tertiary/aromatic N) is 2. The minimum absolute atomic E-state index is 0.303. The number of anilines is 1. The zero-order chi connectivity index (χ0) is 13.8. The van der Waals surface area contributed by atoms with E-state index in [1.165, 1.54) is 11.1 Å².